The monoisotopic (exact) mass is 369 g/mol. The molecule has 0 spiro atoms. The van der Waals surface area contributed by atoms with Crippen LogP contribution < -0.4 is 5.32 Å². The predicted octanol–water partition coefficient (Wildman–Crippen LogP) is 4.36. The topological polar surface area (TPSA) is 67.0 Å². The number of hydrogen-bond acceptors (Lipinski definition) is 3. The van der Waals surface area contributed by atoms with Crippen LogP contribution in [0.1, 0.15) is 37.5 Å². The fourth-order valence-electron chi connectivity index (χ4n) is 2.99. The molecule has 1 aromatic heterocycles. The van der Waals surface area contributed by atoms with E-state index in [4.69, 9.17) is 4.74 Å². The number of carbonyl (C=O) groups excluding carboxylic acids is 1. The Bertz CT molecular complexity index is 944. The van der Waals surface area contributed by atoms with Crippen molar-refractivity contribution >= 4 is 17.1 Å². The molecule has 0 aliphatic heterocycles. The van der Waals surface area contributed by atoms with Gasteiger partial charge in [-0.1, -0.05) is 18.2 Å². The maximum Gasteiger partial charge on any atom is 0.407 e. The van der Waals surface area contributed by atoms with Crippen LogP contribution in [0.25, 0.3) is 11.0 Å². The number of imidazole rings is 1. The molecule has 1 heterocycles. The molecule has 0 saturated heterocycles. The van der Waals surface area contributed by atoms with Gasteiger partial charge in [0, 0.05) is 13.0 Å². The van der Waals surface area contributed by atoms with E-state index in [0.717, 1.165) is 27.7 Å². The average Bonchev–Trinajstić information content (AvgIpc) is 3.05. The molecule has 2 N–H and O–H groups in total. The number of alkyl carbamates (subject to hydrolysis) is 1. The summed E-state index contributed by atoms with van der Waals surface area (Å²) in [6.45, 7) is 5.88. The molecule has 5 nitrogen and oxygen atoms in total. The van der Waals surface area contributed by atoms with Crippen LogP contribution in [0.3, 0.4) is 0 Å². The first kappa shape index (κ1) is 18.9. The van der Waals surface area contributed by atoms with Crippen molar-refractivity contribution in [2.24, 2.45) is 0 Å². The molecule has 0 saturated carbocycles. The first-order valence-corrected chi connectivity index (χ1v) is 8.97. The summed E-state index contributed by atoms with van der Waals surface area (Å²) in [5.41, 5.74) is 4.21. The molecule has 0 radical (unpaired) electrons. The van der Waals surface area contributed by atoms with Crippen LogP contribution in [0.5, 0.6) is 0 Å². The molecule has 3 aromatic rings. The quantitative estimate of drug-likeness (QED) is 0.702. The van der Waals surface area contributed by atoms with Crippen molar-refractivity contribution in [1.82, 2.24) is 15.3 Å². The van der Waals surface area contributed by atoms with E-state index in [1.165, 1.54) is 6.07 Å². The summed E-state index contributed by atoms with van der Waals surface area (Å²) in [5, 5.41) is 2.75. The number of aromatic nitrogens is 2. The molecule has 0 aliphatic carbocycles. The second-order valence-electron chi connectivity index (χ2n) is 7.48. The lowest BCUT2D eigenvalue weighted by molar-refractivity contribution is 0.0528. The molecule has 3 rings (SSSR count). The van der Waals surface area contributed by atoms with Crippen molar-refractivity contribution in [2.75, 3.05) is 6.54 Å². The zero-order valence-corrected chi connectivity index (χ0v) is 15.8. The first-order chi connectivity index (χ1) is 12.8. The zero-order chi connectivity index (χ0) is 19.4. The number of ether oxygens (including phenoxy) is 1. The minimum atomic E-state index is -0.534. The van der Waals surface area contributed by atoms with Gasteiger partial charge in [-0.2, -0.15) is 0 Å². The molecular formula is C21H24FN3O2. The Morgan fingerprint density at radius 3 is 2.78 bits per heavy atom. The normalized spacial score (nSPS) is 11.6. The van der Waals surface area contributed by atoms with Gasteiger partial charge in [0.1, 0.15) is 11.4 Å². The molecule has 1 amide bonds. The van der Waals surface area contributed by atoms with E-state index in [1.54, 1.807) is 18.5 Å². The van der Waals surface area contributed by atoms with Crippen molar-refractivity contribution in [1.29, 1.82) is 0 Å². The summed E-state index contributed by atoms with van der Waals surface area (Å²) in [6.07, 6.45) is 2.37. The number of nitrogens with zero attached hydrogens (tertiary/aromatic N) is 1. The van der Waals surface area contributed by atoms with E-state index in [0.29, 0.717) is 19.4 Å². The SMILES string of the molecule is CC(C)(C)OC(=O)NCCc1ccc(F)cc1Cc1cccc2[nH]cnc12. The van der Waals surface area contributed by atoms with E-state index in [9.17, 15) is 9.18 Å². The van der Waals surface area contributed by atoms with E-state index in [-0.39, 0.29) is 5.82 Å². The Morgan fingerprint density at radius 1 is 1.19 bits per heavy atom. The number of nitrogens with one attached hydrogen (secondary N) is 2. The minimum absolute atomic E-state index is 0.275. The standard InChI is InChI=1S/C21H24FN3O2/c1-21(2,3)27-20(26)23-10-9-14-7-8-17(22)12-16(14)11-15-5-4-6-18-19(15)25-13-24-18/h4-8,12-13H,9-11H2,1-3H3,(H,23,26)(H,24,25). The lowest BCUT2D eigenvalue weighted by atomic mass is 9.97. The van der Waals surface area contributed by atoms with E-state index in [2.05, 4.69) is 15.3 Å². The maximum absolute atomic E-state index is 13.8. The van der Waals surface area contributed by atoms with Gasteiger partial charge in [0.25, 0.3) is 0 Å². The summed E-state index contributed by atoms with van der Waals surface area (Å²) in [6, 6.07) is 10.7. The smallest absolute Gasteiger partial charge is 0.407 e. The highest BCUT2D eigenvalue weighted by Crippen LogP contribution is 2.21. The van der Waals surface area contributed by atoms with E-state index >= 15 is 0 Å². The fourth-order valence-corrected chi connectivity index (χ4v) is 2.99. The van der Waals surface area contributed by atoms with Gasteiger partial charge in [-0.3, -0.25) is 0 Å². The molecule has 0 bridgehead atoms. The van der Waals surface area contributed by atoms with Gasteiger partial charge in [0.2, 0.25) is 0 Å². The fraction of sp³-hybridized carbons (Fsp3) is 0.333. The molecule has 0 aliphatic rings. The molecule has 142 valence electrons. The van der Waals surface area contributed by atoms with Crippen LogP contribution in [-0.2, 0) is 17.6 Å². The van der Waals surface area contributed by atoms with E-state index < -0.39 is 11.7 Å². The average molecular weight is 369 g/mol. The van der Waals surface area contributed by atoms with Crippen molar-refractivity contribution in [3.63, 3.8) is 0 Å². The third-order valence-corrected chi connectivity index (χ3v) is 4.15. The van der Waals surface area contributed by atoms with Crippen molar-refractivity contribution in [3.05, 3.63) is 65.2 Å². The number of amides is 1. The number of aromatic amines is 1. The summed E-state index contributed by atoms with van der Waals surface area (Å²) in [7, 11) is 0. The lowest BCUT2D eigenvalue weighted by Crippen LogP contribution is -2.33. The van der Waals surface area contributed by atoms with Crippen LogP contribution in [0.15, 0.2) is 42.7 Å². The zero-order valence-electron chi connectivity index (χ0n) is 15.8. The van der Waals surface area contributed by atoms with Crippen molar-refractivity contribution < 1.29 is 13.9 Å². The van der Waals surface area contributed by atoms with Crippen LogP contribution in [0.2, 0.25) is 0 Å². The Labute approximate surface area is 158 Å². The minimum Gasteiger partial charge on any atom is -0.444 e. The van der Waals surface area contributed by atoms with Crippen LogP contribution in [0.4, 0.5) is 9.18 Å². The van der Waals surface area contributed by atoms with Crippen LogP contribution in [0, 0.1) is 5.82 Å². The van der Waals surface area contributed by atoms with Crippen LogP contribution in [-0.4, -0.2) is 28.2 Å². The number of H-pyrrole nitrogens is 1. The van der Waals surface area contributed by atoms with Crippen molar-refractivity contribution in [2.45, 2.75) is 39.2 Å². The molecule has 0 atom stereocenters. The lowest BCUT2D eigenvalue weighted by Gasteiger charge is -2.19. The molecular weight excluding hydrogens is 345 g/mol. The maximum atomic E-state index is 13.8. The first-order valence-electron chi connectivity index (χ1n) is 8.97. The molecule has 0 unspecified atom stereocenters. The third-order valence-electron chi connectivity index (χ3n) is 4.15. The third kappa shape index (κ3) is 5.06. The number of para-hydroxylation sites is 1. The summed E-state index contributed by atoms with van der Waals surface area (Å²) in [5.74, 6) is -0.275. The Kier molecular flexibility index (Phi) is 5.44. The van der Waals surface area contributed by atoms with Gasteiger partial charge >= 0.3 is 6.09 Å². The van der Waals surface area contributed by atoms with E-state index in [1.807, 2.05) is 39.0 Å². The summed E-state index contributed by atoms with van der Waals surface area (Å²) < 4.78 is 19.1. The number of fused-ring (bicyclic) bond motifs is 1. The second-order valence-corrected chi connectivity index (χ2v) is 7.48. The van der Waals surface area contributed by atoms with Crippen molar-refractivity contribution in [3.8, 4) is 0 Å². The number of carbonyl (C=O) groups is 1. The van der Waals surface area contributed by atoms with Gasteiger partial charge in [0.05, 0.1) is 17.4 Å². The number of benzene rings is 2. The van der Waals surface area contributed by atoms with Gasteiger partial charge < -0.3 is 15.0 Å². The van der Waals surface area contributed by atoms with Gasteiger partial charge in [-0.15, -0.1) is 0 Å². The highest BCUT2D eigenvalue weighted by atomic mass is 19.1. The predicted molar refractivity (Wildman–Crippen MR) is 103 cm³/mol. The second kappa shape index (κ2) is 7.78. The van der Waals surface area contributed by atoms with Gasteiger partial charge in [-0.05, 0) is 62.1 Å². The highest BCUT2D eigenvalue weighted by Gasteiger charge is 2.16. The number of halogens is 1. The molecule has 2 aromatic carbocycles. The molecule has 6 heteroatoms. The number of rotatable bonds is 5. The Morgan fingerprint density at radius 2 is 2.00 bits per heavy atom. The molecule has 27 heavy (non-hydrogen) atoms. The van der Waals surface area contributed by atoms with Gasteiger partial charge in [0.15, 0.2) is 0 Å². The summed E-state index contributed by atoms with van der Waals surface area (Å²) >= 11 is 0. The van der Waals surface area contributed by atoms with Gasteiger partial charge in [-0.25, -0.2) is 14.2 Å². The molecule has 0 fully saturated rings. The van der Waals surface area contributed by atoms with Crippen LogP contribution >= 0.6 is 0 Å². The number of hydrogen-bond donors (Lipinski definition) is 2. The Hall–Kier alpha value is -2.89. The summed E-state index contributed by atoms with van der Waals surface area (Å²) in [4.78, 5) is 19.2. The Balaban J connectivity index is 1.72. The largest absolute Gasteiger partial charge is 0.444 e. The highest BCUT2D eigenvalue weighted by molar-refractivity contribution is 5.78.